The molecule has 0 fully saturated rings. The highest BCUT2D eigenvalue weighted by Crippen LogP contribution is 2.28. The fraction of sp³-hybridized carbons (Fsp3) is 0.458. The Labute approximate surface area is 180 Å². The molecule has 0 saturated carbocycles. The first-order valence-corrected chi connectivity index (χ1v) is 10.6. The van der Waals surface area contributed by atoms with Crippen LogP contribution < -0.4 is 20.1 Å². The first-order valence-electron chi connectivity index (χ1n) is 10.6. The summed E-state index contributed by atoms with van der Waals surface area (Å²) in [5, 5.41) is 6.72. The van der Waals surface area contributed by atoms with Gasteiger partial charge in [-0.2, -0.15) is 0 Å². The maximum absolute atomic E-state index is 5.66. The first-order chi connectivity index (χ1) is 14.7. The monoisotopic (exact) mass is 413 g/mol. The Bertz CT molecular complexity index is 776. The van der Waals surface area contributed by atoms with Crippen molar-refractivity contribution in [3.8, 4) is 11.5 Å². The van der Waals surface area contributed by atoms with E-state index < -0.39 is 0 Å². The number of guanidine groups is 1. The summed E-state index contributed by atoms with van der Waals surface area (Å²) in [6.45, 7) is 7.62. The van der Waals surface area contributed by atoms with E-state index in [1.165, 1.54) is 16.7 Å². The van der Waals surface area contributed by atoms with E-state index in [9.17, 15) is 0 Å². The van der Waals surface area contributed by atoms with E-state index in [-0.39, 0.29) is 0 Å². The van der Waals surface area contributed by atoms with Gasteiger partial charge in [-0.3, -0.25) is 0 Å². The van der Waals surface area contributed by atoms with Gasteiger partial charge in [0.2, 0.25) is 0 Å². The van der Waals surface area contributed by atoms with E-state index in [1.807, 2.05) is 13.0 Å². The molecule has 0 atom stereocenters. The van der Waals surface area contributed by atoms with Gasteiger partial charge in [-0.15, -0.1) is 0 Å². The molecule has 0 aliphatic rings. The number of aliphatic imine (C=N–C) groups is 1. The molecule has 2 N–H and O–H groups in total. The summed E-state index contributed by atoms with van der Waals surface area (Å²) in [6.07, 6.45) is 1.95. The molecule has 6 nitrogen and oxygen atoms in total. The highest BCUT2D eigenvalue weighted by atomic mass is 16.5. The SMILES string of the molecule is CCNC(=NCc1ccc(COC)cc1)NCCCc1ccc(OC)c(OCC)c1. The summed E-state index contributed by atoms with van der Waals surface area (Å²) in [5.74, 6) is 2.41. The Morgan fingerprint density at radius 2 is 1.63 bits per heavy atom. The molecule has 164 valence electrons. The van der Waals surface area contributed by atoms with E-state index in [0.29, 0.717) is 19.8 Å². The third kappa shape index (κ3) is 7.95. The average molecular weight is 414 g/mol. The van der Waals surface area contributed by atoms with Gasteiger partial charge in [0.25, 0.3) is 0 Å². The van der Waals surface area contributed by atoms with Gasteiger partial charge in [-0.05, 0) is 55.5 Å². The highest BCUT2D eigenvalue weighted by molar-refractivity contribution is 5.79. The Hall–Kier alpha value is -2.73. The van der Waals surface area contributed by atoms with Gasteiger partial charge in [0.1, 0.15) is 0 Å². The van der Waals surface area contributed by atoms with Crippen LogP contribution in [0.25, 0.3) is 0 Å². The van der Waals surface area contributed by atoms with Crippen LogP contribution in [0.1, 0.15) is 37.0 Å². The van der Waals surface area contributed by atoms with Gasteiger partial charge >= 0.3 is 0 Å². The van der Waals surface area contributed by atoms with Crippen LogP contribution in [0.15, 0.2) is 47.5 Å². The summed E-state index contributed by atoms with van der Waals surface area (Å²) < 4.78 is 16.2. The van der Waals surface area contributed by atoms with Gasteiger partial charge in [0.05, 0.1) is 26.9 Å². The smallest absolute Gasteiger partial charge is 0.191 e. The minimum atomic E-state index is 0.624. The number of hydrogen-bond acceptors (Lipinski definition) is 4. The molecule has 0 aliphatic heterocycles. The van der Waals surface area contributed by atoms with Gasteiger partial charge in [0.15, 0.2) is 17.5 Å². The Morgan fingerprint density at radius 1 is 0.900 bits per heavy atom. The molecule has 30 heavy (non-hydrogen) atoms. The number of aryl methyl sites for hydroxylation is 1. The second-order valence-electron chi connectivity index (χ2n) is 6.89. The van der Waals surface area contributed by atoms with Crippen molar-refractivity contribution in [2.45, 2.75) is 39.8 Å². The van der Waals surface area contributed by atoms with Crippen LogP contribution in [0.3, 0.4) is 0 Å². The number of rotatable bonds is 12. The molecule has 0 heterocycles. The molecule has 0 aliphatic carbocycles. The van der Waals surface area contributed by atoms with Crippen molar-refractivity contribution in [2.24, 2.45) is 4.99 Å². The summed E-state index contributed by atoms with van der Waals surface area (Å²) in [7, 11) is 3.37. The zero-order chi connectivity index (χ0) is 21.6. The zero-order valence-electron chi connectivity index (χ0n) is 18.7. The largest absolute Gasteiger partial charge is 0.493 e. The van der Waals surface area contributed by atoms with Crippen LogP contribution in [0, 0.1) is 0 Å². The molecule has 2 aromatic rings. The average Bonchev–Trinajstić information content (AvgIpc) is 2.76. The lowest BCUT2D eigenvalue weighted by molar-refractivity contribution is 0.185. The molecule has 0 bridgehead atoms. The van der Waals surface area contributed by atoms with E-state index in [4.69, 9.17) is 19.2 Å². The van der Waals surface area contributed by atoms with Crippen LogP contribution in [-0.2, 0) is 24.3 Å². The molecule has 2 aromatic carbocycles. The van der Waals surface area contributed by atoms with Crippen molar-refractivity contribution in [2.75, 3.05) is 33.9 Å². The third-order valence-electron chi connectivity index (χ3n) is 4.56. The van der Waals surface area contributed by atoms with Crippen molar-refractivity contribution in [3.05, 3.63) is 59.2 Å². The standard InChI is InChI=1S/C24H35N3O3/c1-5-25-24(27-17-20-9-11-21(12-10-20)18-28-3)26-15-7-8-19-13-14-22(29-4)23(16-19)30-6-2/h9-14,16H,5-8,15,17-18H2,1-4H3,(H2,25,26,27). The van der Waals surface area contributed by atoms with E-state index in [2.05, 4.69) is 54.0 Å². The lowest BCUT2D eigenvalue weighted by Gasteiger charge is -2.13. The van der Waals surface area contributed by atoms with Crippen LogP contribution in [0.2, 0.25) is 0 Å². The highest BCUT2D eigenvalue weighted by Gasteiger charge is 2.05. The molecular weight excluding hydrogens is 378 g/mol. The maximum Gasteiger partial charge on any atom is 0.191 e. The lowest BCUT2D eigenvalue weighted by Crippen LogP contribution is -2.37. The summed E-state index contributed by atoms with van der Waals surface area (Å²) in [4.78, 5) is 4.69. The quantitative estimate of drug-likeness (QED) is 0.314. The van der Waals surface area contributed by atoms with E-state index in [0.717, 1.165) is 43.4 Å². The molecule has 0 unspecified atom stereocenters. The Kier molecular flexibility index (Phi) is 10.6. The van der Waals surface area contributed by atoms with E-state index >= 15 is 0 Å². The molecule has 0 aromatic heterocycles. The van der Waals surface area contributed by atoms with Gasteiger partial charge in [0, 0.05) is 20.2 Å². The van der Waals surface area contributed by atoms with Crippen molar-refractivity contribution in [3.63, 3.8) is 0 Å². The minimum absolute atomic E-state index is 0.624. The molecular formula is C24H35N3O3. The number of benzene rings is 2. The number of ether oxygens (including phenoxy) is 3. The van der Waals surface area contributed by atoms with Crippen LogP contribution >= 0.6 is 0 Å². The van der Waals surface area contributed by atoms with Crippen molar-refractivity contribution in [1.82, 2.24) is 10.6 Å². The number of hydrogen-bond donors (Lipinski definition) is 2. The number of methoxy groups -OCH3 is 2. The lowest BCUT2D eigenvalue weighted by atomic mass is 10.1. The van der Waals surface area contributed by atoms with Crippen LogP contribution in [0.5, 0.6) is 11.5 Å². The van der Waals surface area contributed by atoms with Gasteiger partial charge < -0.3 is 24.8 Å². The molecule has 0 spiro atoms. The predicted molar refractivity (Wildman–Crippen MR) is 122 cm³/mol. The van der Waals surface area contributed by atoms with Crippen LogP contribution in [-0.4, -0.2) is 39.9 Å². The van der Waals surface area contributed by atoms with Gasteiger partial charge in [-0.25, -0.2) is 4.99 Å². The van der Waals surface area contributed by atoms with Crippen LogP contribution in [0.4, 0.5) is 0 Å². The fourth-order valence-electron chi connectivity index (χ4n) is 3.06. The number of nitrogens with one attached hydrogen (secondary N) is 2. The summed E-state index contributed by atoms with van der Waals surface area (Å²) in [5.41, 5.74) is 3.58. The normalized spacial score (nSPS) is 11.3. The van der Waals surface area contributed by atoms with Gasteiger partial charge in [-0.1, -0.05) is 30.3 Å². The second kappa shape index (κ2) is 13.5. The first kappa shape index (κ1) is 23.5. The van der Waals surface area contributed by atoms with Crippen molar-refractivity contribution >= 4 is 5.96 Å². The maximum atomic E-state index is 5.66. The van der Waals surface area contributed by atoms with E-state index in [1.54, 1.807) is 14.2 Å². The van der Waals surface area contributed by atoms with Crippen molar-refractivity contribution in [1.29, 1.82) is 0 Å². The molecule has 0 radical (unpaired) electrons. The Balaban J connectivity index is 1.84. The summed E-state index contributed by atoms with van der Waals surface area (Å²) >= 11 is 0. The number of nitrogens with zero attached hydrogens (tertiary/aromatic N) is 1. The minimum Gasteiger partial charge on any atom is -0.493 e. The molecule has 0 saturated heterocycles. The topological polar surface area (TPSA) is 64.1 Å². The third-order valence-corrected chi connectivity index (χ3v) is 4.56. The van der Waals surface area contributed by atoms with Crippen molar-refractivity contribution < 1.29 is 14.2 Å². The molecule has 0 amide bonds. The predicted octanol–water partition coefficient (Wildman–Crippen LogP) is 3.93. The summed E-state index contributed by atoms with van der Waals surface area (Å²) in [6, 6.07) is 14.5. The molecule has 2 rings (SSSR count). The zero-order valence-corrected chi connectivity index (χ0v) is 18.7. The molecule has 6 heteroatoms. The fourth-order valence-corrected chi connectivity index (χ4v) is 3.06. The Morgan fingerprint density at radius 3 is 2.30 bits per heavy atom. The second-order valence-corrected chi connectivity index (χ2v) is 6.89.